The minimum absolute atomic E-state index is 0.0964. The fourth-order valence-corrected chi connectivity index (χ4v) is 4.74. The molecule has 0 aliphatic rings. The van der Waals surface area contributed by atoms with Crippen LogP contribution in [0.3, 0.4) is 0 Å². The van der Waals surface area contributed by atoms with Crippen molar-refractivity contribution in [3.63, 3.8) is 0 Å². The Labute approximate surface area is 175 Å². The van der Waals surface area contributed by atoms with Crippen LogP contribution in [-0.2, 0) is 10.1 Å². The zero-order chi connectivity index (χ0) is 21.1. The zero-order valence-electron chi connectivity index (χ0n) is 18.7. The molecule has 5 heteroatoms. The van der Waals surface area contributed by atoms with Gasteiger partial charge in [-0.15, -0.1) is 0 Å². The SMILES string of the molecule is CCCCCCCCC(O)CCCCCCCCCCCC(CC)S(=O)(=O)O. The molecule has 0 heterocycles. The minimum atomic E-state index is -3.86. The second kappa shape index (κ2) is 18.9. The van der Waals surface area contributed by atoms with E-state index in [9.17, 15) is 13.5 Å². The van der Waals surface area contributed by atoms with E-state index in [1.165, 1.54) is 70.6 Å². The summed E-state index contributed by atoms with van der Waals surface area (Å²) < 4.78 is 31.4. The fourth-order valence-electron chi connectivity index (χ4n) is 3.86. The summed E-state index contributed by atoms with van der Waals surface area (Å²) in [5.74, 6) is 0. The van der Waals surface area contributed by atoms with E-state index in [0.29, 0.717) is 12.8 Å². The molecular formula is C23H48O4S. The summed E-state index contributed by atoms with van der Waals surface area (Å²) in [5, 5.41) is 9.45. The van der Waals surface area contributed by atoms with Gasteiger partial charge in [-0.3, -0.25) is 4.55 Å². The van der Waals surface area contributed by atoms with Gasteiger partial charge >= 0.3 is 0 Å². The van der Waals surface area contributed by atoms with Crippen molar-refractivity contribution in [3.05, 3.63) is 0 Å². The molecule has 0 fully saturated rings. The van der Waals surface area contributed by atoms with Crippen LogP contribution >= 0.6 is 0 Å². The van der Waals surface area contributed by atoms with Crippen LogP contribution in [0.1, 0.15) is 136 Å². The van der Waals surface area contributed by atoms with Crippen molar-refractivity contribution >= 4 is 10.1 Å². The third-order valence-electron chi connectivity index (χ3n) is 5.83. The second-order valence-corrected chi connectivity index (χ2v) is 10.2. The van der Waals surface area contributed by atoms with E-state index < -0.39 is 15.4 Å². The molecular weight excluding hydrogens is 372 g/mol. The molecule has 170 valence electrons. The molecule has 0 aromatic carbocycles. The van der Waals surface area contributed by atoms with E-state index >= 15 is 0 Å². The van der Waals surface area contributed by atoms with Crippen molar-refractivity contribution in [2.45, 2.75) is 147 Å². The summed E-state index contributed by atoms with van der Waals surface area (Å²) in [4.78, 5) is 0. The molecule has 0 aromatic rings. The van der Waals surface area contributed by atoms with Gasteiger partial charge in [-0.25, -0.2) is 0 Å². The topological polar surface area (TPSA) is 74.6 Å². The molecule has 0 amide bonds. The lowest BCUT2D eigenvalue weighted by Crippen LogP contribution is -2.19. The quantitative estimate of drug-likeness (QED) is 0.154. The molecule has 0 spiro atoms. The normalized spacial score (nSPS) is 14.3. The molecule has 4 nitrogen and oxygen atoms in total. The number of aliphatic hydroxyl groups excluding tert-OH is 1. The number of hydrogen-bond acceptors (Lipinski definition) is 3. The molecule has 2 unspecified atom stereocenters. The van der Waals surface area contributed by atoms with Crippen molar-refractivity contribution in [2.24, 2.45) is 0 Å². The third kappa shape index (κ3) is 17.9. The van der Waals surface area contributed by atoms with Gasteiger partial charge in [0.1, 0.15) is 0 Å². The average molecular weight is 421 g/mol. The average Bonchev–Trinajstić information content (AvgIpc) is 2.64. The molecule has 0 rings (SSSR count). The summed E-state index contributed by atoms with van der Waals surface area (Å²) in [5.41, 5.74) is 0. The molecule has 28 heavy (non-hydrogen) atoms. The predicted octanol–water partition coefficient (Wildman–Crippen LogP) is 7.06. The molecule has 0 aliphatic heterocycles. The van der Waals surface area contributed by atoms with Crippen molar-refractivity contribution in [1.82, 2.24) is 0 Å². The monoisotopic (exact) mass is 420 g/mol. The Balaban J connectivity index is 3.33. The molecule has 2 atom stereocenters. The van der Waals surface area contributed by atoms with Crippen LogP contribution in [0, 0.1) is 0 Å². The van der Waals surface area contributed by atoms with E-state index in [1.54, 1.807) is 0 Å². The van der Waals surface area contributed by atoms with Crippen molar-refractivity contribution in [2.75, 3.05) is 0 Å². The lowest BCUT2D eigenvalue weighted by molar-refractivity contribution is 0.147. The highest BCUT2D eigenvalue weighted by Crippen LogP contribution is 2.17. The molecule has 0 saturated heterocycles. The smallest absolute Gasteiger partial charge is 0.267 e. The van der Waals surface area contributed by atoms with Crippen LogP contribution in [0.4, 0.5) is 0 Å². The first-order valence-corrected chi connectivity index (χ1v) is 13.6. The first kappa shape index (κ1) is 27.9. The number of hydrogen-bond donors (Lipinski definition) is 2. The van der Waals surface area contributed by atoms with E-state index in [2.05, 4.69) is 6.92 Å². The summed E-state index contributed by atoms with van der Waals surface area (Å²) >= 11 is 0. The van der Waals surface area contributed by atoms with Gasteiger partial charge in [0, 0.05) is 0 Å². The van der Waals surface area contributed by atoms with Crippen LogP contribution in [0.15, 0.2) is 0 Å². The number of rotatable bonds is 21. The van der Waals surface area contributed by atoms with Crippen molar-refractivity contribution in [3.8, 4) is 0 Å². The lowest BCUT2D eigenvalue weighted by Gasteiger charge is -2.11. The standard InChI is InChI=1S/C23H48O4S/c1-3-5-6-7-13-16-19-22(24)20-17-14-11-9-8-10-12-15-18-21-23(4-2)28(25,26)27/h22-24H,3-21H2,1-2H3,(H,25,26,27). The van der Waals surface area contributed by atoms with Crippen LogP contribution in [0.5, 0.6) is 0 Å². The molecule has 0 aliphatic carbocycles. The molecule has 0 aromatic heterocycles. The Morgan fingerprint density at radius 1 is 0.607 bits per heavy atom. The molecule has 0 bridgehead atoms. The van der Waals surface area contributed by atoms with Crippen LogP contribution in [-0.4, -0.2) is 29.4 Å². The Morgan fingerprint density at radius 2 is 0.964 bits per heavy atom. The summed E-state index contributed by atoms with van der Waals surface area (Å²) in [6.07, 6.45) is 21.1. The Bertz CT molecular complexity index is 422. The van der Waals surface area contributed by atoms with E-state index in [0.717, 1.165) is 38.5 Å². The van der Waals surface area contributed by atoms with Crippen LogP contribution < -0.4 is 0 Å². The highest BCUT2D eigenvalue weighted by molar-refractivity contribution is 7.86. The first-order chi connectivity index (χ1) is 13.4. The second-order valence-electron chi connectivity index (χ2n) is 8.51. The van der Waals surface area contributed by atoms with E-state index in [1.807, 2.05) is 6.92 Å². The summed E-state index contributed by atoms with van der Waals surface area (Å²) in [6.45, 7) is 4.05. The Morgan fingerprint density at radius 3 is 1.32 bits per heavy atom. The van der Waals surface area contributed by atoms with Gasteiger partial charge in [-0.2, -0.15) is 8.42 Å². The Kier molecular flexibility index (Phi) is 18.8. The highest BCUT2D eigenvalue weighted by atomic mass is 32.2. The van der Waals surface area contributed by atoms with Gasteiger partial charge in [0.05, 0.1) is 11.4 Å². The van der Waals surface area contributed by atoms with Crippen LogP contribution in [0.2, 0.25) is 0 Å². The first-order valence-electron chi connectivity index (χ1n) is 12.1. The fraction of sp³-hybridized carbons (Fsp3) is 1.00. The third-order valence-corrected chi connectivity index (χ3v) is 7.24. The molecule has 0 radical (unpaired) electrons. The number of unbranched alkanes of at least 4 members (excludes halogenated alkanes) is 13. The largest absolute Gasteiger partial charge is 0.393 e. The van der Waals surface area contributed by atoms with E-state index in [-0.39, 0.29) is 6.10 Å². The summed E-state index contributed by atoms with van der Waals surface area (Å²) in [6, 6.07) is 0. The lowest BCUT2D eigenvalue weighted by atomic mass is 10.0. The van der Waals surface area contributed by atoms with Gasteiger partial charge in [0.25, 0.3) is 10.1 Å². The molecule has 2 N–H and O–H groups in total. The van der Waals surface area contributed by atoms with Gasteiger partial charge in [0.15, 0.2) is 0 Å². The van der Waals surface area contributed by atoms with E-state index in [4.69, 9.17) is 4.55 Å². The predicted molar refractivity (Wildman–Crippen MR) is 120 cm³/mol. The zero-order valence-corrected chi connectivity index (χ0v) is 19.5. The molecule has 0 saturated carbocycles. The Hall–Kier alpha value is -0.130. The maximum absolute atomic E-state index is 11.1. The van der Waals surface area contributed by atoms with Crippen molar-refractivity contribution < 1.29 is 18.1 Å². The van der Waals surface area contributed by atoms with Crippen LogP contribution in [0.25, 0.3) is 0 Å². The van der Waals surface area contributed by atoms with Gasteiger partial charge < -0.3 is 5.11 Å². The summed E-state index contributed by atoms with van der Waals surface area (Å²) in [7, 11) is -3.86. The minimum Gasteiger partial charge on any atom is -0.393 e. The number of aliphatic hydroxyl groups is 1. The van der Waals surface area contributed by atoms with Gasteiger partial charge in [0.2, 0.25) is 0 Å². The van der Waals surface area contributed by atoms with Crippen molar-refractivity contribution in [1.29, 1.82) is 0 Å². The van der Waals surface area contributed by atoms with Gasteiger partial charge in [-0.1, -0.05) is 110 Å². The van der Waals surface area contributed by atoms with Gasteiger partial charge in [-0.05, 0) is 25.7 Å². The maximum Gasteiger partial charge on any atom is 0.267 e. The maximum atomic E-state index is 11.1. The highest BCUT2D eigenvalue weighted by Gasteiger charge is 2.19.